The van der Waals surface area contributed by atoms with Crippen LogP contribution in [0.4, 0.5) is 0 Å². The Bertz CT molecular complexity index is 882. The Morgan fingerprint density at radius 1 is 1.36 bits per heavy atom. The van der Waals surface area contributed by atoms with Gasteiger partial charge in [-0.15, -0.1) is 0 Å². The summed E-state index contributed by atoms with van der Waals surface area (Å²) in [5.74, 6) is 0.463. The van der Waals surface area contributed by atoms with Gasteiger partial charge in [-0.3, -0.25) is 9.59 Å². The average Bonchev–Trinajstić information content (AvgIpc) is 2.90. The molecule has 0 atom stereocenters. The van der Waals surface area contributed by atoms with Crippen molar-refractivity contribution in [1.82, 2.24) is 20.4 Å². The van der Waals surface area contributed by atoms with Gasteiger partial charge in [0.2, 0.25) is 11.8 Å². The van der Waals surface area contributed by atoms with Gasteiger partial charge in [-0.25, -0.2) is 0 Å². The number of carbonyl (C=O) groups is 1. The zero-order valence-corrected chi connectivity index (χ0v) is 11.9. The molecule has 0 fully saturated rings. The molecular weight excluding hydrogens is 284 g/mol. The molecule has 0 aliphatic heterocycles. The second-order valence-electron chi connectivity index (χ2n) is 4.89. The van der Waals surface area contributed by atoms with Gasteiger partial charge in [-0.1, -0.05) is 23.4 Å². The van der Waals surface area contributed by atoms with Crippen molar-refractivity contribution in [2.45, 2.75) is 19.9 Å². The summed E-state index contributed by atoms with van der Waals surface area (Å²) >= 11 is 0. The second kappa shape index (κ2) is 5.80. The molecule has 0 unspecified atom stereocenters. The Morgan fingerprint density at radius 3 is 2.95 bits per heavy atom. The maximum atomic E-state index is 12.0. The van der Waals surface area contributed by atoms with E-state index >= 15 is 0 Å². The maximum absolute atomic E-state index is 12.0. The van der Waals surface area contributed by atoms with Gasteiger partial charge < -0.3 is 14.8 Å². The van der Waals surface area contributed by atoms with Crippen LogP contribution in [0.5, 0.6) is 0 Å². The molecule has 0 bridgehead atoms. The van der Waals surface area contributed by atoms with Crippen LogP contribution in [0, 0.1) is 6.92 Å². The predicted molar refractivity (Wildman–Crippen MR) is 79.2 cm³/mol. The molecule has 2 N–H and O–H groups in total. The van der Waals surface area contributed by atoms with Crippen LogP contribution in [0.25, 0.3) is 10.9 Å². The number of rotatable bonds is 4. The van der Waals surface area contributed by atoms with E-state index in [1.165, 1.54) is 0 Å². The van der Waals surface area contributed by atoms with Crippen LogP contribution in [0.1, 0.15) is 17.3 Å². The number of amides is 1. The van der Waals surface area contributed by atoms with Crippen molar-refractivity contribution in [3.05, 3.63) is 58.0 Å². The first-order chi connectivity index (χ1) is 10.6. The van der Waals surface area contributed by atoms with E-state index in [9.17, 15) is 9.59 Å². The van der Waals surface area contributed by atoms with Crippen LogP contribution in [-0.2, 0) is 17.8 Å². The smallest absolute Gasteiger partial charge is 0.253 e. The number of pyridine rings is 1. The molecule has 112 valence electrons. The first kappa shape index (κ1) is 14.0. The molecule has 2 heterocycles. The van der Waals surface area contributed by atoms with Crippen LogP contribution in [0.2, 0.25) is 0 Å². The third-order valence-electron chi connectivity index (χ3n) is 3.19. The summed E-state index contributed by atoms with van der Waals surface area (Å²) in [6, 6.07) is 9.25. The van der Waals surface area contributed by atoms with Gasteiger partial charge in [0.05, 0.1) is 6.42 Å². The van der Waals surface area contributed by atoms with Crippen molar-refractivity contribution in [2.75, 3.05) is 0 Å². The Labute approximate surface area is 125 Å². The fourth-order valence-electron chi connectivity index (χ4n) is 2.14. The van der Waals surface area contributed by atoms with Gasteiger partial charge in [0.25, 0.3) is 5.56 Å². The third-order valence-corrected chi connectivity index (χ3v) is 3.19. The number of hydrogen-bond donors (Lipinski definition) is 2. The zero-order valence-electron chi connectivity index (χ0n) is 11.9. The number of aromatic amines is 1. The van der Waals surface area contributed by atoms with Gasteiger partial charge in [0.15, 0.2) is 5.82 Å². The fourth-order valence-corrected chi connectivity index (χ4v) is 2.14. The SMILES string of the molecule is Cc1nc(CC(=O)NCc2cc3ccccc3[nH]c2=O)no1. The molecule has 0 radical (unpaired) electrons. The van der Waals surface area contributed by atoms with Crippen LogP contribution in [-0.4, -0.2) is 21.0 Å². The highest BCUT2D eigenvalue weighted by molar-refractivity contribution is 5.79. The molecule has 1 amide bonds. The maximum Gasteiger partial charge on any atom is 0.253 e. The number of hydrogen-bond acceptors (Lipinski definition) is 5. The molecule has 0 saturated heterocycles. The van der Waals surface area contributed by atoms with Gasteiger partial charge in [0, 0.05) is 24.5 Å². The number of fused-ring (bicyclic) bond motifs is 1. The highest BCUT2D eigenvalue weighted by Crippen LogP contribution is 2.09. The van der Waals surface area contributed by atoms with Crippen molar-refractivity contribution < 1.29 is 9.32 Å². The summed E-state index contributed by atoms with van der Waals surface area (Å²) in [6.45, 7) is 1.80. The largest absolute Gasteiger partial charge is 0.351 e. The van der Waals surface area contributed by atoms with Crippen LogP contribution in [0.15, 0.2) is 39.6 Å². The quantitative estimate of drug-likeness (QED) is 0.750. The van der Waals surface area contributed by atoms with E-state index in [0.29, 0.717) is 17.3 Å². The van der Waals surface area contributed by atoms with Crippen LogP contribution >= 0.6 is 0 Å². The topological polar surface area (TPSA) is 101 Å². The van der Waals surface area contributed by atoms with Crippen molar-refractivity contribution in [2.24, 2.45) is 0 Å². The molecule has 0 aliphatic carbocycles. The first-order valence-corrected chi connectivity index (χ1v) is 6.78. The van der Waals surface area contributed by atoms with Gasteiger partial charge >= 0.3 is 0 Å². The van der Waals surface area contributed by atoms with E-state index in [1.807, 2.05) is 24.3 Å². The minimum absolute atomic E-state index is 0.0167. The molecule has 22 heavy (non-hydrogen) atoms. The lowest BCUT2D eigenvalue weighted by Gasteiger charge is -2.05. The second-order valence-corrected chi connectivity index (χ2v) is 4.89. The molecule has 3 aromatic rings. The normalized spacial score (nSPS) is 10.8. The van der Waals surface area contributed by atoms with E-state index in [1.54, 1.807) is 13.0 Å². The van der Waals surface area contributed by atoms with E-state index in [0.717, 1.165) is 10.9 Å². The molecule has 3 rings (SSSR count). The lowest BCUT2D eigenvalue weighted by molar-refractivity contribution is -0.120. The number of carbonyl (C=O) groups excluding carboxylic acids is 1. The molecule has 2 aromatic heterocycles. The summed E-state index contributed by atoms with van der Waals surface area (Å²) in [4.78, 5) is 30.5. The number of aromatic nitrogens is 3. The molecule has 0 spiro atoms. The Kier molecular flexibility index (Phi) is 3.69. The van der Waals surface area contributed by atoms with E-state index in [4.69, 9.17) is 4.52 Å². The highest BCUT2D eigenvalue weighted by atomic mass is 16.5. The lowest BCUT2D eigenvalue weighted by atomic mass is 10.1. The summed E-state index contributed by atoms with van der Waals surface area (Å²) in [7, 11) is 0. The lowest BCUT2D eigenvalue weighted by Crippen LogP contribution is -2.28. The molecule has 1 aromatic carbocycles. The summed E-state index contributed by atoms with van der Waals surface area (Å²) in [5.41, 5.74) is 1.05. The van der Waals surface area contributed by atoms with Crippen molar-refractivity contribution in [3.8, 4) is 0 Å². The number of benzene rings is 1. The summed E-state index contributed by atoms with van der Waals surface area (Å²) in [5, 5.41) is 7.25. The Morgan fingerprint density at radius 2 is 2.18 bits per heavy atom. The van der Waals surface area contributed by atoms with E-state index < -0.39 is 0 Å². The van der Waals surface area contributed by atoms with E-state index in [2.05, 4.69) is 20.4 Å². The molecule has 7 heteroatoms. The van der Waals surface area contributed by atoms with Gasteiger partial charge in [-0.05, 0) is 17.5 Å². The standard InChI is InChI=1S/C15H14N4O3/c1-9-17-13(19-22-9)7-14(20)16-8-11-6-10-4-2-3-5-12(10)18-15(11)21/h2-6H,7-8H2,1H3,(H,16,20)(H,18,21). The first-order valence-electron chi connectivity index (χ1n) is 6.78. The minimum Gasteiger partial charge on any atom is -0.351 e. The minimum atomic E-state index is -0.270. The average molecular weight is 298 g/mol. The molecule has 0 aliphatic rings. The van der Waals surface area contributed by atoms with Gasteiger partial charge in [0.1, 0.15) is 0 Å². The monoisotopic (exact) mass is 298 g/mol. The van der Waals surface area contributed by atoms with Gasteiger partial charge in [-0.2, -0.15) is 4.98 Å². The van der Waals surface area contributed by atoms with Crippen LogP contribution < -0.4 is 10.9 Å². The molecule has 7 nitrogen and oxygen atoms in total. The molecule has 0 saturated carbocycles. The number of para-hydroxylation sites is 1. The molecular formula is C15H14N4O3. The number of H-pyrrole nitrogens is 1. The zero-order chi connectivity index (χ0) is 15.5. The number of nitrogens with zero attached hydrogens (tertiary/aromatic N) is 2. The van der Waals surface area contributed by atoms with Crippen molar-refractivity contribution in [3.63, 3.8) is 0 Å². The number of aryl methyl sites for hydroxylation is 1. The van der Waals surface area contributed by atoms with Crippen molar-refractivity contribution in [1.29, 1.82) is 0 Å². The van der Waals surface area contributed by atoms with Crippen LogP contribution in [0.3, 0.4) is 0 Å². The highest BCUT2D eigenvalue weighted by Gasteiger charge is 2.10. The fraction of sp³-hybridized carbons (Fsp3) is 0.200. The predicted octanol–water partition coefficient (Wildman–Crippen LogP) is 1.08. The number of nitrogens with one attached hydrogen (secondary N) is 2. The third kappa shape index (κ3) is 3.03. The van der Waals surface area contributed by atoms with Crippen molar-refractivity contribution >= 4 is 16.8 Å². The summed E-state index contributed by atoms with van der Waals surface area (Å²) < 4.78 is 4.80. The Balaban J connectivity index is 1.69. The van der Waals surface area contributed by atoms with E-state index in [-0.39, 0.29) is 24.4 Å². The summed E-state index contributed by atoms with van der Waals surface area (Å²) in [6.07, 6.45) is 0.0167. The Hall–Kier alpha value is -2.96.